The van der Waals surface area contributed by atoms with Crippen LogP contribution in [0, 0.1) is 0 Å². The molecule has 0 spiro atoms. The highest BCUT2D eigenvalue weighted by molar-refractivity contribution is 5.26. The molecule has 1 aliphatic rings. The summed E-state index contributed by atoms with van der Waals surface area (Å²) >= 11 is 0. The first-order valence-corrected chi connectivity index (χ1v) is 7.90. The number of ether oxygens (including phenoxy) is 1. The topological polar surface area (TPSA) is 39.1 Å². The van der Waals surface area contributed by atoms with Gasteiger partial charge in [0.15, 0.2) is 0 Å². The van der Waals surface area contributed by atoms with Crippen molar-refractivity contribution in [3.8, 4) is 0 Å². The molecule has 1 aliphatic heterocycles. The molecule has 20 heavy (non-hydrogen) atoms. The van der Waals surface area contributed by atoms with Crippen LogP contribution in [0.1, 0.15) is 57.5 Å². The van der Waals surface area contributed by atoms with E-state index >= 15 is 0 Å². The van der Waals surface area contributed by atoms with E-state index in [1.54, 1.807) is 0 Å². The second-order valence-corrected chi connectivity index (χ2v) is 6.33. The summed E-state index contributed by atoms with van der Waals surface area (Å²) in [5, 5.41) is 8.09. The Kier molecular flexibility index (Phi) is 4.86. The number of nitrogens with zero attached hydrogens (tertiary/aromatic N) is 2. The smallest absolute Gasteiger partial charge is 0.0779 e. The van der Waals surface area contributed by atoms with Crippen LogP contribution in [0.15, 0.2) is 0 Å². The quantitative estimate of drug-likeness (QED) is 0.870. The summed E-state index contributed by atoms with van der Waals surface area (Å²) in [6, 6.07) is 0. The zero-order chi connectivity index (χ0) is 14.8. The zero-order valence-corrected chi connectivity index (χ0v) is 13.6. The largest absolute Gasteiger partial charge is 0.370 e. The summed E-state index contributed by atoms with van der Waals surface area (Å²) in [7, 11) is 2.00. The first-order chi connectivity index (χ1) is 9.50. The van der Waals surface area contributed by atoms with E-state index in [2.05, 4.69) is 37.7 Å². The van der Waals surface area contributed by atoms with Crippen molar-refractivity contribution in [1.29, 1.82) is 0 Å². The third-order valence-electron chi connectivity index (χ3n) is 4.20. The lowest BCUT2D eigenvalue weighted by molar-refractivity contribution is -0.0233. The third kappa shape index (κ3) is 3.23. The minimum atomic E-state index is 0.0333. The maximum Gasteiger partial charge on any atom is 0.0779 e. The number of aryl methyl sites for hydroxylation is 1. The van der Waals surface area contributed by atoms with Crippen LogP contribution in [0.3, 0.4) is 0 Å². The SMILES string of the molecule is CCc1nn(CC2CCC(C)(C)O2)c(CC)c1CNC. The molecule has 114 valence electrons. The minimum Gasteiger partial charge on any atom is -0.370 e. The number of hydrogen-bond acceptors (Lipinski definition) is 3. The van der Waals surface area contributed by atoms with E-state index in [0.29, 0.717) is 6.10 Å². The Labute approximate surface area is 122 Å². The van der Waals surface area contributed by atoms with Crippen LogP contribution >= 0.6 is 0 Å². The molecule has 1 fully saturated rings. The molecule has 2 rings (SSSR count). The zero-order valence-electron chi connectivity index (χ0n) is 13.6. The lowest BCUT2D eigenvalue weighted by Crippen LogP contribution is -2.24. The fourth-order valence-corrected chi connectivity index (χ4v) is 3.20. The third-order valence-corrected chi connectivity index (χ3v) is 4.20. The number of hydrogen-bond donors (Lipinski definition) is 1. The van der Waals surface area contributed by atoms with E-state index in [4.69, 9.17) is 9.84 Å². The van der Waals surface area contributed by atoms with Gasteiger partial charge in [0.1, 0.15) is 0 Å². The average Bonchev–Trinajstić information content (AvgIpc) is 2.90. The standard InChI is InChI=1S/C16H29N3O/c1-6-14-13(10-17-5)15(7-2)19(18-14)11-12-8-9-16(3,4)20-12/h12,17H,6-11H2,1-5H3. The first-order valence-electron chi connectivity index (χ1n) is 7.90. The maximum absolute atomic E-state index is 6.12. The van der Waals surface area contributed by atoms with E-state index < -0.39 is 0 Å². The summed E-state index contributed by atoms with van der Waals surface area (Å²) in [6.45, 7) is 10.6. The van der Waals surface area contributed by atoms with Crippen LogP contribution in [0.5, 0.6) is 0 Å². The Bertz CT molecular complexity index is 451. The molecule has 0 radical (unpaired) electrons. The average molecular weight is 279 g/mol. The molecule has 1 N–H and O–H groups in total. The summed E-state index contributed by atoms with van der Waals surface area (Å²) in [5.74, 6) is 0. The van der Waals surface area contributed by atoms with Crippen molar-refractivity contribution in [3.63, 3.8) is 0 Å². The first kappa shape index (κ1) is 15.5. The van der Waals surface area contributed by atoms with Crippen molar-refractivity contribution in [1.82, 2.24) is 15.1 Å². The van der Waals surface area contributed by atoms with Crippen LogP contribution in [0.4, 0.5) is 0 Å². The second-order valence-electron chi connectivity index (χ2n) is 6.33. The van der Waals surface area contributed by atoms with Gasteiger partial charge in [-0.1, -0.05) is 13.8 Å². The lowest BCUT2D eigenvalue weighted by atomic mass is 10.1. The maximum atomic E-state index is 6.12. The van der Waals surface area contributed by atoms with Gasteiger partial charge in [-0.05, 0) is 46.6 Å². The number of rotatable bonds is 6. The van der Waals surface area contributed by atoms with Gasteiger partial charge in [-0.3, -0.25) is 4.68 Å². The van der Waals surface area contributed by atoms with Gasteiger partial charge in [0, 0.05) is 17.8 Å². The molecule has 2 heterocycles. The second kappa shape index (κ2) is 6.27. The van der Waals surface area contributed by atoms with Crippen LogP contribution in [0.25, 0.3) is 0 Å². The Morgan fingerprint density at radius 1 is 1.35 bits per heavy atom. The highest BCUT2D eigenvalue weighted by Crippen LogP contribution is 2.30. The van der Waals surface area contributed by atoms with Crippen molar-refractivity contribution in [3.05, 3.63) is 17.0 Å². The lowest BCUT2D eigenvalue weighted by Gasteiger charge is -2.20. The molecule has 0 amide bonds. The molecule has 1 unspecified atom stereocenters. The molecule has 0 bridgehead atoms. The van der Waals surface area contributed by atoms with Crippen molar-refractivity contribution in [2.75, 3.05) is 7.05 Å². The molecule has 4 nitrogen and oxygen atoms in total. The molecule has 4 heteroatoms. The predicted molar refractivity (Wildman–Crippen MR) is 81.9 cm³/mol. The summed E-state index contributed by atoms with van der Waals surface area (Å²) in [6.07, 6.45) is 4.61. The predicted octanol–water partition coefficient (Wildman–Crippen LogP) is 2.68. The molecule has 0 saturated carbocycles. The monoisotopic (exact) mass is 279 g/mol. The minimum absolute atomic E-state index is 0.0333. The van der Waals surface area contributed by atoms with Crippen molar-refractivity contribution >= 4 is 0 Å². The van der Waals surface area contributed by atoms with Crippen LogP contribution < -0.4 is 5.32 Å². The van der Waals surface area contributed by atoms with Gasteiger partial charge < -0.3 is 10.1 Å². The Morgan fingerprint density at radius 3 is 2.60 bits per heavy atom. The molecule has 1 aromatic rings. The van der Waals surface area contributed by atoms with E-state index in [-0.39, 0.29) is 5.60 Å². The Morgan fingerprint density at radius 2 is 2.10 bits per heavy atom. The van der Waals surface area contributed by atoms with Gasteiger partial charge >= 0.3 is 0 Å². The van der Waals surface area contributed by atoms with E-state index in [1.807, 2.05) is 7.05 Å². The molecule has 0 aliphatic carbocycles. The van der Waals surface area contributed by atoms with Gasteiger partial charge in [-0.25, -0.2) is 0 Å². The molecular weight excluding hydrogens is 250 g/mol. The van der Waals surface area contributed by atoms with Gasteiger partial charge in [0.25, 0.3) is 0 Å². The highest BCUT2D eigenvalue weighted by atomic mass is 16.5. The number of aromatic nitrogens is 2. The van der Waals surface area contributed by atoms with E-state index in [0.717, 1.165) is 38.8 Å². The molecule has 1 atom stereocenters. The van der Waals surface area contributed by atoms with Crippen molar-refractivity contribution < 1.29 is 4.74 Å². The van der Waals surface area contributed by atoms with E-state index in [9.17, 15) is 0 Å². The van der Waals surface area contributed by atoms with Crippen molar-refractivity contribution in [2.24, 2.45) is 0 Å². The fourth-order valence-electron chi connectivity index (χ4n) is 3.20. The van der Waals surface area contributed by atoms with Crippen molar-refractivity contribution in [2.45, 2.75) is 78.2 Å². The molecular formula is C16H29N3O. The normalized spacial score (nSPS) is 21.6. The van der Waals surface area contributed by atoms with Gasteiger partial charge in [0.05, 0.1) is 23.9 Å². The number of nitrogens with one attached hydrogen (secondary N) is 1. The molecule has 1 aromatic heterocycles. The van der Waals surface area contributed by atoms with Gasteiger partial charge in [-0.2, -0.15) is 5.10 Å². The van der Waals surface area contributed by atoms with Gasteiger partial charge in [-0.15, -0.1) is 0 Å². The fraction of sp³-hybridized carbons (Fsp3) is 0.812. The van der Waals surface area contributed by atoms with E-state index in [1.165, 1.54) is 17.0 Å². The summed E-state index contributed by atoms with van der Waals surface area (Å²) in [4.78, 5) is 0. The Balaban J connectivity index is 2.19. The summed E-state index contributed by atoms with van der Waals surface area (Å²) in [5.41, 5.74) is 4.01. The van der Waals surface area contributed by atoms with Crippen LogP contribution in [-0.2, 0) is 30.7 Å². The highest BCUT2D eigenvalue weighted by Gasteiger charge is 2.32. The molecule has 0 aromatic carbocycles. The van der Waals surface area contributed by atoms with Crippen LogP contribution in [-0.4, -0.2) is 28.5 Å². The molecule has 1 saturated heterocycles. The van der Waals surface area contributed by atoms with Crippen LogP contribution in [0.2, 0.25) is 0 Å². The van der Waals surface area contributed by atoms with Gasteiger partial charge in [0.2, 0.25) is 0 Å². The Hall–Kier alpha value is -0.870. The summed E-state index contributed by atoms with van der Waals surface area (Å²) < 4.78 is 8.31.